The standard InChI is InChI=1S/C12H16N2O2/c1-9(3-6-15)8-14-12-10-4-7-16-11(10)2-5-13-12/h2,4-5,7,9,15H,3,6,8H2,1H3,(H,13,14). The van der Waals surface area contributed by atoms with Gasteiger partial charge in [-0.15, -0.1) is 0 Å². The molecule has 2 N–H and O–H groups in total. The molecule has 2 aromatic rings. The van der Waals surface area contributed by atoms with Crippen LogP contribution in [0, 0.1) is 5.92 Å². The number of rotatable bonds is 5. The minimum atomic E-state index is 0.228. The van der Waals surface area contributed by atoms with Crippen LogP contribution in [0.25, 0.3) is 11.0 Å². The minimum absolute atomic E-state index is 0.228. The molecule has 0 radical (unpaired) electrons. The fourth-order valence-electron chi connectivity index (χ4n) is 1.63. The summed E-state index contributed by atoms with van der Waals surface area (Å²) < 4.78 is 5.29. The fraction of sp³-hybridized carbons (Fsp3) is 0.417. The first-order valence-corrected chi connectivity index (χ1v) is 5.48. The molecule has 4 nitrogen and oxygen atoms in total. The van der Waals surface area contributed by atoms with E-state index in [2.05, 4.69) is 17.2 Å². The lowest BCUT2D eigenvalue weighted by atomic mass is 10.1. The van der Waals surface area contributed by atoms with Crippen LogP contribution in [0.1, 0.15) is 13.3 Å². The Bertz CT molecular complexity index is 453. The third kappa shape index (κ3) is 2.33. The Balaban J connectivity index is 2.06. The summed E-state index contributed by atoms with van der Waals surface area (Å²) in [6.07, 6.45) is 4.19. The number of aliphatic hydroxyl groups is 1. The highest BCUT2D eigenvalue weighted by Crippen LogP contribution is 2.21. The van der Waals surface area contributed by atoms with Crippen LogP contribution in [0.2, 0.25) is 0 Å². The summed E-state index contributed by atoms with van der Waals surface area (Å²) in [4.78, 5) is 4.28. The summed E-state index contributed by atoms with van der Waals surface area (Å²) in [5, 5.41) is 13.1. The third-order valence-corrected chi connectivity index (χ3v) is 2.62. The predicted octanol–water partition coefficient (Wildman–Crippen LogP) is 2.26. The van der Waals surface area contributed by atoms with Crippen molar-refractivity contribution in [1.82, 2.24) is 4.98 Å². The molecule has 4 heteroatoms. The van der Waals surface area contributed by atoms with Gasteiger partial charge in [0.25, 0.3) is 0 Å². The summed E-state index contributed by atoms with van der Waals surface area (Å²) in [5.41, 5.74) is 0.840. The van der Waals surface area contributed by atoms with Gasteiger partial charge in [-0.05, 0) is 24.5 Å². The molecule has 2 heterocycles. The number of furan rings is 1. The summed E-state index contributed by atoms with van der Waals surface area (Å²) in [6, 6.07) is 3.75. The first kappa shape index (κ1) is 11.0. The highest BCUT2D eigenvalue weighted by molar-refractivity contribution is 5.87. The zero-order valence-corrected chi connectivity index (χ0v) is 9.31. The fourth-order valence-corrected chi connectivity index (χ4v) is 1.63. The first-order valence-electron chi connectivity index (χ1n) is 5.48. The molecule has 1 atom stereocenters. The lowest BCUT2D eigenvalue weighted by Crippen LogP contribution is -2.13. The van der Waals surface area contributed by atoms with Crippen molar-refractivity contribution < 1.29 is 9.52 Å². The van der Waals surface area contributed by atoms with Crippen molar-refractivity contribution in [2.75, 3.05) is 18.5 Å². The van der Waals surface area contributed by atoms with Crippen molar-refractivity contribution in [2.24, 2.45) is 5.92 Å². The van der Waals surface area contributed by atoms with Gasteiger partial charge < -0.3 is 14.8 Å². The van der Waals surface area contributed by atoms with Crippen LogP contribution in [0.5, 0.6) is 0 Å². The van der Waals surface area contributed by atoms with Gasteiger partial charge in [0, 0.05) is 19.3 Å². The van der Waals surface area contributed by atoms with Crippen LogP contribution in [0.4, 0.5) is 5.82 Å². The maximum absolute atomic E-state index is 8.81. The molecule has 2 aromatic heterocycles. The molecule has 0 bridgehead atoms. The second kappa shape index (κ2) is 4.99. The number of hydrogen-bond acceptors (Lipinski definition) is 4. The lowest BCUT2D eigenvalue weighted by molar-refractivity contribution is 0.266. The van der Waals surface area contributed by atoms with Gasteiger partial charge >= 0.3 is 0 Å². The van der Waals surface area contributed by atoms with Crippen molar-refractivity contribution in [3.8, 4) is 0 Å². The Morgan fingerprint density at radius 2 is 2.38 bits per heavy atom. The van der Waals surface area contributed by atoms with Crippen LogP contribution < -0.4 is 5.32 Å². The average molecular weight is 220 g/mol. The molecule has 0 aliphatic rings. The van der Waals surface area contributed by atoms with E-state index < -0.39 is 0 Å². The quantitative estimate of drug-likeness (QED) is 0.811. The van der Waals surface area contributed by atoms with Gasteiger partial charge in [-0.1, -0.05) is 6.92 Å². The first-order chi connectivity index (χ1) is 7.81. The van der Waals surface area contributed by atoms with Crippen LogP contribution in [0.15, 0.2) is 29.0 Å². The van der Waals surface area contributed by atoms with E-state index in [0.717, 1.165) is 29.8 Å². The Labute approximate surface area is 94.3 Å². The molecule has 0 aromatic carbocycles. The zero-order valence-electron chi connectivity index (χ0n) is 9.31. The normalized spacial score (nSPS) is 12.9. The third-order valence-electron chi connectivity index (χ3n) is 2.62. The number of aromatic nitrogens is 1. The monoisotopic (exact) mass is 220 g/mol. The van der Waals surface area contributed by atoms with Crippen LogP contribution in [0.3, 0.4) is 0 Å². The molecular weight excluding hydrogens is 204 g/mol. The number of fused-ring (bicyclic) bond motifs is 1. The topological polar surface area (TPSA) is 58.3 Å². The Kier molecular flexibility index (Phi) is 3.41. The van der Waals surface area contributed by atoms with Gasteiger partial charge in [0.05, 0.1) is 11.6 Å². The van der Waals surface area contributed by atoms with E-state index in [1.807, 2.05) is 12.1 Å². The summed E-state index contributed by atoms with van der Waals surface area (Å²) >= 11 is 0. The lowest BCUT2D eigenvalue weighted by Gasteiger charge is -2.11. The van der Waals surface area contributed by atoms with Gasteiger partial charge in [0.2, 0.25) is 0 Å². The van der Waals surface area contributed by atoms with Crippen molar-refractivity contribution in [3.63, 3.8) is 0 Å². The molecule has 0 saturated carbocycles. The number of hydrogen-bond donors (Lipinski definition) is 2. The smallest absolute Gasteiger partial charge is 0.139 e. The van der Waals surface area contributed by atoms with Crippen LogP contribution in [-0.2, 0) is 0 Å². The minimum Gasteiger partial charge on any atom is -0.464 e. The van der Waals surface area contributed by atoms with E-state index in [1.165, 1.54) is 0 Å². The second-order valence-corrected chi connectivity index (χ2v) is 3.99. The SMILES string of the molecule is CC(CCO)CNc1nccc2occc12. The molecule has 16 heavy (non-hydrogen) atoms. The van der Waals surface area contributed by atoms with E-state index in [0.29, 0.717) is 5.92 Å². The zero-order chi connectivity index (χ0) is 11.4. The second-order valence-electron chi connectivity index (χ2n) is 3.99. The average Bonchev–Trinajstić information content (AvgIpc) is 2.75. The Hall–Kier alpha value is -1.55. The molecule has 1 unspecified atom stereocenters. The molecule has 2 rings (SSSR count). The van der Waals surface area contributed by atoms with E-state index in [-0.39, 0.29) is 6.61 Å². The van der Waals surface area contributed by atoms with E-state index >= 15 is 0 Å². The molecule has 86 valence electrons. The molecule has 0 amide bonds. The van der Waals surface area contributed by atoms with Crippen molar-refractivity contribution >= 4 is 16.8 Å². The van der Waals surface area contributed by atoms with E-state index in [9.17, 15) is 0 Å². The molecular formula is C12H16N2O2. The van der Waals surface area contributed by atoms with Gasteiger partial charge in [0.1, 0.15) is 11.4 Å². The summed E-state index contributed by atoms with van der Waals surface area (Å²) in [5.74, 6) is 1.27. The summed E-state index contributed by atoms with van der Waals surface area (Å²) in [6.45, 7) is 3.13. The largest absolute Gasteiger partial charge is 0.464 e. The van der Waals surface area contributed by atoms with Gasteiger partial charge in [-0.25, -0.2) is 4.98 Å². The highest BCUT2D eigenvalue weighted by Gasteiger charge is 2.06. The number of anilines is 1. The predicted molar refractivity (Wildman–Crippen MR) is 63.4 cm³/mol. The van der Waals surface area contributed by atoms with Crippen LogP contribution >= 0.6 is 0 Å². The van der Waals surface area contributed by atoms with Crippen molar-refractivity contribution in [1.29, 1.82) is 0 Å². The molecule has 0 aliphatic heterocycles. The Morgan fingerprint density at radius 1 is 1.50 bits per heavy atom. The number of nitrogens with zero attached hydrogens (tertiary/aromatic N) is 1. The highest BCUT2D eigenvalue weighted by atomic mass is 16.3. The number of nitrogens with one attached hydrogen (secondary N) is 1. The molecule has 0 aliphatic carbocycles. The van der Waals surface area contributed by atoms with Gasteiger partial charge in [-0.2, -0.15) is 0 Å². The van der Waals surface area contributed by atoms with E-state index in [4.69, 9.17) is 9.52 Å². The maximum Gasteiger partial charge on any atom is 0.139 e. The van der Waals surface area contributed by atoms with Crippen molar-refractivity contribution in [3.05, 3.63) is 24.6 Å². The molecule has 0 spiro atoms. The van der Waals surface area contributed by atoms with Crippen LogP contribution in [-0.4, -0.2) is 23.2 Å². The summed E-state index contributed by atoms with van der Waals surface area (Å²) in [7, 11) is 0. The van der Waals surface area contributed by atoms with E-state index in [1.54, 1.807) is 12.5 Å². The maximum atomic E-state index is 8.81. The molecule has 0 fully saturated rings. The van der Waals surface area contributed by atoms with Gasteiger partial charge in [0.15, 0.2) is 0 Å². The number of aliphatic hydroxyl groups excluding tert-OH is 1. The van der Waals surface area contributed by atoms with Crippen molar-refractivity contribution in [2.45, 2.75) is 13.3 Å². The number of pyridine rings is 1. The molecule has 0 saturated heterocycles. The Morgan fingerprint density at radius 3 is 3.19 bits per heavy atom. The van der Waals surface area contributed by atoms with Gasteiger partial charge in [-0.3, -0.25) is 0 Å².